The third-order valence-corrected chi connectivity index (χ3v) is 6.57. The first kappa shape index (κ1) is 19.7. The van der Waals surface area contributed by atoms with E-state index in [1.54, 1.807) is 0 Å². The Labute approximate surface area is 175 Å². The number of thioether (sulfide) groups is 1. The zero-order chi connectivity index (χ0) is 20.1. The smallest absolute Gasteiger partial charge is 0.407 e. The highest BCUT2D eigenvalue weighted by Gasteiger charge is 2.41. The van der Waals surface area contributed by atoms with Crippen molar-refractivity contribution in [2.24, 2.45) is 0 Å². The van der Waals surface area contributed by atoms with Crippen LogP contribution in [0, 0.1) is 6.57 Å². The maximum Gasteiger partial charge on any atom is 0.407 e. The lowest BCUT2D eigenvalue weighted by atomic mass is 9.84. The lowest BCUT2D eigenvalue weighted by Crippen LogP contribution is -2.43. The molecule has 1 fully saturated rings. The molecule has 2 aromatic rings. The molecule has 0 aromatic heterocycles. The maximum atomic E-state index is 12.1. The van der Waals surface area contributed by atoms with E-state index in [1.807, 2.05) is 54.2 Å². The van der Waals surface area contributed by atoms with Crippen LogP contribution in [0.4, 0.5) is 4.79 Å². The van der Waals surface area contributed by atoms with E-state index in [1.165, 1.54) is 0 Å². The SMILES string of the molecule is [C-]#[N+]C1(c2ccc3c(c2)OC[C@H](NC(=O)OCc2ccccc2)C3)CCSCC1. The van der Waals surface area contributed by atoms with Gasteiger partial charge in [-0.2, -0.15) is 11.8 Å². The molecule has 2 heterocycles. The van der Waals surface area contributed by atoms with E-state index in [4.69, 9.17) is 16.0 Å². The average molecular weight is 409 g/mol. The molecule has 5 nitrogen and oxygen atoms in total. The number of nitrogens with zero attached hydrogens (tertiary/aromatic N) is 1. The van der Waals surface area contributed by atoms with Gasteiger partial charge >= 0.3 is 6.09 Å². The third-order valence-electron chi connectivity index (χ3n) is 5.58. The summed E-state index contributed by atoms with van der Waals surface area (Å²) in [6.07, 6.45) is 2.03. The Morgan fingerprint density at radius 2 is 2.03 bits per heavy atom. The van der Waals surface area contributed by atoms with Crippen LogP contribution in [0.25, 0.3) is 4.85 Å². The van der Waals surface area contributed by atoms with Gasteiger partial charge in [-0.3, -0.25) is 0 Å². The van der Waals surface area contributed by atoms with Gasteiger partial charge in [-0.25, -0.2) is 11.4 Å². The number of amides is 1. The molecule has 1 atom stereocenters. The zero-order valence-electron chi connectivity index (χ0n) is 16.2. The standard InChI is InChI=1S/C23H24N2O3S/c1-24-23(9-11-29-12-10-23)19-8-7-18-13-20(16-27-21(18)14-19)25-22(26)28-15-17-5-3-2-4-6-17/h2-8,14,20H,9-13,15-16H2,(H,25,26)/t20-/m1/s1. The van der Waals surface area contributed by atoms with Crippen molar-refractivity contribution >= 4 is 17.9 Å². The Morgan fingerprint density at radius 3 is 2.79 bits per heavy atom. The number of ether oxygens (including phenoxy) is 2. The minimum absolute atomic E-state index is 0.127. The molecule has 2 aliphatic heterocycles. The monoisotopic (exact) mass is 408 g/mol. The van der Waals surface area contributed by atoms with E-state index in [9.17, 15) is 4.79 Å². The summed E-state index contributed by atoms with van der Waals surface area (Å²) in [5.41, 5.74) is 2.65. The van der Waals surface area contributed by atoms with Crippen LogP contribution in [0.2, 0.25) is 0 Å². The van der Waals surface area contributed by atoms with Crippen LogP contribution in [-0.2, 0) is 23.3 Å². The fourth-order valence-corrected chi connectivity index (χ4v) is 5.03. The Kier molecular flexibility index (Phi) is 5.96. The molecule has 0 unspecified atom stereocenters. The van der Waals surface area contributed by atoms with Crippen molar-refractivity contribution in [3.63, 3.8) is 0 Å². The first-order valence-electron chi connectivity index (χ1n) is 9.88. The van der Waals surface area contributed by atoms with Crippen LogP contribution >= 0.6 is 11.8 Å². The van der Waals surface area contributed by atoms with Crippen molar-refractivity contribution in [2.45, 2.75) is 37.5 Å². The molecule has 150 valence electrons. The van der Waals surface area contributed by atoms with Crippen LogP contribution < -0.4 is 10.1 Å². The Bertz CT molecular complexity index is 904. The second-order valence-corrected chi connectivity index (χ2v) is 8.72. The van der Waals surface area contributed by atoms with Gasteiger partial charge in [-0.1, -0.05) is 42.5 Å². The average Bonchev–Trinajstić information content (AvgIpc) is 2.78. The highest BCUT2D eigenvalue weighted by Crippen LogP contribution is 2.41. The van der Waals surface area contributed by atoms with E-state index in [0.717, 1.165) is 46.8 Å². The fourth-order valence-electron chi connectivity index (χ4n) is 3.86. The lowest BCUT2D eigenvalue weighted by molar-refractivity contribution is 0.128. The van der Waals surface area contributed by atoms with Crippen LogP contribution in [-0.4, -0.2) is 30.2 Å². The van der Waals surface area contributed by atoms with Crippen molar-refractivity contribution in [3.8, 4) is 5.75 Å². The first-order valence-corrected chi connectivity index (χ1v) is 11.0. The topological polar surface area (TPSA) is 51.9 Å². The predicted octanol–water partition coefficient (Wildman–Crippen LogP) is 4.56. The predicted molar refractivity (Wildman–Crippen MR) is 114 cm³/mol. The number of carbonyl (C=O) groups is 1. The van der Waals surface area contributed by atoms with E-state index in [-0.39, 0.29) is 12.6 Å². The minimum Gasteiger partial charge on any atom is -0.491 e. The quantitative estimate of drug-likeness (QED) is 0.754. The molecule has 29 heavy (non-hydrogen) atoms. The highest BCUT2D eigenvalue weighted by atomic mass is 32.2. The summed E-state index contributed by atoms with van der Waals surface area (Å²) in [6, 6.07) is 15.6. The van der Waals surface area contributed by atoms with Crippen LogP contribution in [0.5, 0.6) is 5.75 Å². The molecule has 0 saturated carbocycles. The van der Waals surface area contributed by atoms with Crippen LogP contribution in [0.3, 0.4) is 0 Å². The van der Waals surface area contributed by atoms with Gasteiger partial charge in [-0.15, -0.1) is 0 Å². The minimum atomic E-state index is -0.436. The third kappa shape index (κ3) is 4.51. The van der Waals surface area contributed by atoms with Gasteiger partial charge in [0, 0.05) is 29.9 Å². The first-order chi connectivity index (χ1) is 14.2. The number of carbonyl (C=O) groups excluding carboxylic acids is 1. The number of hydrogen-bond donors (Lipinski definition) is 1. The summed E-state index contributed by atoms with van der Waals surface area (Å²) in [6.45, 7) is 8.39. The van der Waals surface area contributed by atoms with Gasteiger partial charge in [0.25, 0.3) is 5.54 Å². The van der Waals surface area contributed by atoms with Crippen molar-refractivity contribution in [1.82, 2.24) is 5.32 Å². The van der Waals surface area contributed by atoms with Crippen molar-refractivity contribution in [1.29, 1.82) is 0 Å². The van der Waals surface area contributed by atoms with Crippen molar-refractivity contribution in [2.75, 3.05) is 18.1 Å². The van der Waals surface area contributed by atoms with Crippen molar-refractivity contribution in [3.05, 3.63) is 76.6 Å². The van der Waals surface area contributed by atoms with Gasteiger partial charge in [0.1, 0.15) is 19.0 Å². The normalized spacial score (nSPS) is 19.9. The van der Waals surface area contributed by atoms with Gasteiger partial charge in [0.2, 0.25) is 0 Å². The zero-order valence-corrected chi connectivity index (χ0v) is 17.0. The molecule has 2 aliphatic rings. The second-order valence-electron chi connectivity index (χ2n) is 7.50. The van der Waals surface area contributed by atoms with E-state index >= 15 is 0 Å². The number of benzene rings is 2. The van der Waals surface area contributed by atoms with E-state index in [0.29, 0.717) is 13.0 Å². The van der Waals surface area contributed by atoms with Gasteiger partial charge in [0.05, 0.1) is 6.04 Å². The number of rotatable bonds is 4. The maximum absolute atomic E-state index is 12.1. The van der Waals surface area contributed by atoms with Crippen LogP contribution in [0.1, 0.15) is 29.5 Å². The largest absolute Gasteiger partial charge is 0.491 e. The Balaban J connectivity index is 1.36. The molecule has 6 heteroatoms. The molecule has 1 N–H and O–H groups in total. The van der Waals surface area contributed by atoms with E-state index in [2.05, 4.69) is 16.2 Å². The molecular weight excluding hydrogens is 384 g/mol. The lowest BCUT2D eigenvalue weighted by Gasteiger charge is -2.29. The Morgan fingerprint density at radius 1 is 1.24 bits per heavy atom. The fraction of sp³-hybridized carbons (Fsp3) is 0.391. The molecule has 1 saturated heterocycles. The van der Waals surface area contributed by atoms with Gasteiger partial charge in [-0.05, 0) is 23.6 Å². The molecule has 4 rings (SSSR count). The van der Waals surface area contributed by atoms with Crippen LogP contribution in [0.15, 0.2) is 48.5 Å². The van der Waals surface area contributed by atoms with E-state index < -0.39 is 11.6 Å². The number of fused-ring (bicyclic) bond motifs is 1. The van der Waals surface area contributed by atoms with Crippen molar-refractivity contribution < 1.29 is 14.3 Å². The number of alkyl carbamates (subject to hydrolysis) is 1. The summed E-state index contributed by atoms with van der Waals surface area (Å²) < 4.78 is 11.2. The summed E-state index contributed by atoms with van der Waals surface area (Å²) in [5, 5.41) is 2.89. The van der Waals surface area contributed by atoms with Gasteiger partial charge < -0.3 is 19.6 Å². The summed E-state index contributed by atoms with van der Waals surface area (Å²) in [5.74, 6) is 2.88. The second kappa shape index (κ2) is 8.79. The molecule has 0 bridgehead atoms. The molecule has 0 aliphatic carbocycles. The Hall–Kier alpha value is -2.65. The number of nitrogens with one attached hydrogen (secondary N) is 1. The summed E-state index contributed by atoms with van der Waals surface area (Å²) >= 11 is 1.92. The summed E-state index contributed by atoms with van der Waals surface area (Å²) in [4.78, 5) is 16.1. The molecule has 0 spiro atoms. The molecule has 0 radical (unpaired) electrons. The summed E-state index contributed by atoms with van der Waals surface area (Å²) in [7, 11) is 0. The molecular formula is C23H24N2O3S. The number of hydrogen-bond acceptors (Lipinski definition) is 4. The highest BCUT2D eigenvalue weighted by molar-refractivity contribution is 7.99. The molecule has 2 aromatic carbocycles. The molecule has 1 amide bonds. The van der Waals surface area contributed by atoms with Gasteiger partial charge in [0.15, 0.2) is 0 Å².